The summed E-state index contributed by atoms with van der Waals surface area (Å²) in [5.41, 5.74) is 4.07. The van der Waals surface area contributed by atoms with Crippen molar-refractivity contribution in [3.05, 3.63) is 41.7 Å². The summed E-state index contributed by atoms with van der Waals surface area (Å²) in [5, 5.41) is 0. The van der Waals surface area contributed by atoms with Crippen molar-refractivity contribution in [3.8, 4) is 0 Å². The van der Waals surface area contributed by atoms with Crippen molar-refractivity contribution in [2.24, 2.45) is 0 Å². The topological polar surface area (TPSA) is 16.9 Å². The van der Waals surface area contributed by atoms with Gasteiger partial charge in [-0.2, -0.15) is 0 Å². The Kier molecular flexibility index (Phi) is 2.87. The molecule has 17 heavy (non-hydrogen) atoms. The van der Waals surface area contributed by atoms with Gasteiger partial charge >= 0.3 is 0 Å². The zero-order chi connectivity index (χ0) is 11.7. The third kappa shape index (κ3) is 2.08. The largest absolute Gasteiger partial charge is 0.379 e. The SMILES string of the molecule is Cc1cc2ccccn2c1CN1CCOCC1. The quantitative estimate of drug-likeness (QED) is 0.785. The normalized spacial score (nSPS) is 17.7. The van der Waals surface area contributed by atoms with Crippen LogP contribution in [0.5, 0.6) is 0 Å². The molecule has 0 bridgehead atoms. The second-order valence-electron chi connectivity index (χ2n) is 4.66. The van der Waals surface area contributed by atoms with Gasteiger partial charge in [0.2, 0.25) is 0 Å². The first-order valence-electron chi connectivity index (χ1n) is 6.20. The summed E-state index contributed by atoms with van der Waals surface area (Å²) in [6.45, 7) is 7.03. The van der Waals surface area contributed by atoms with Gasteiger partial charge in [-0.05, 0) is 30.7 Å². The molecule has 0 N–H and O–H groups in total. The number of rotatable bonds is 2. The van der Waals surface area contributed by atoms with Crippen molar-refractivity contribution in [3.63, 3.8) is 0 Å². The Morgan fingerprint density at radius 3 is 2.88 bits per heavy atom. The molecule has 3 nitrogen and oxygen atoms in total. The lowest BCUT2D eigenvalue weighted by Gasteiger charge is -2.26. The highest BCUT2D eigenvalue weighted by molar-refractivity contribution is 5.53. The number of morpholine rings is 1. The molecule has 0 atom stereocenters. The van der Waals surface area contributed by atoms with Gasteiger partial charge in [-0.25, -0.2) is 0 Å². The van der Waals surface area contributed by atoms with Gasteiger partial charge in [0.05, 0.1) is 13.2 Å². The molecule has 3 heteroatoms. The van der Waals surface area contributed by atoms with E-state index in [1.807, 2.05) is 0 Å². The van der Waals surface area contributed by atoms with Crippen molar-refractivity contribution in [1.29, 1.82) is 0 Å². The van der Waals surface area contributed by atoms with Gasteiger partial charge in [0, 0.05) is 37.0 Å². The second kappa shape index (κ2) is 4.51. The number of aromatic nitrogens is 1. The van der Waals surface area contributed by atoms with Crippen LogP contribution in [0.1, 0.15) is 11.3 Å². The van der Waals surface area contributed by atoms with E-state index in [-0.39, 0.29) is 0 Å². The summed E-state index contributed by atoms with van der Waals surface area (Å²) in [6, 6.07) is 8.61. The molecule has 0 saturated carbocycles. The van der Waals surface area contributed by atoms with E-state index in [9.17, 15) is 0 Å². The van der Waals surface area contributed by atoms with Gasteiger partial charge in [0.25, 0.3) is 0 Å². The average Bonchev–Trinajstić information content (AvgIpc) is 2.68. The third-order valence-electron chi connectivity index (χ3n) is 3.48. The minimum atomic E-state index is 0.863. The minimum absolute atomic E-state index is 0.863. The van der Waals surface area contributed by atoms with Crippen molar-refractivity contribution < 1.29 is 4.74 Å². The van der Waals surface area contributed by atoms with Gasteiger partial charge < -0.3 is 9.14 Å². The predicted molar refractivity (Wildman–Crippen MR) is 68.2 cm³/mol. The molecule has 1 aliphatic heterocycles. The fraction of sp³-hybridized carbons (Fsp3) is 0.429. The van der Waals surface area contributed by atoms with Crippen LogP contribution in [-0.4, -0.2) is 35.6 Å². The molecule has 3 rings (SSSR count). The van der Waals surface area contributed by atoms with Gasteiger partial charge in [-0.15, -0.1) is 0 Å². The third-order valence-corrected chi connectivity index (χ3v) is 3.48. The van der Waals surface area contributed by atoms with Gasteiger partial charge in [0.1, 0.15) is 0 Å². The molecule has 0 aromatic carbocycles. The van der Waals surface area contributed by atoms with Crippen LogP contribution >= 0.6 is 0 Å². The van der Waals surface area contributed by atoms with Crippen LogP contribution in [0.3, 0.4) is 0 Å². The van der Waals surface area contributed by atoms with E-state index in [0.717, 1.165) is 32.8 Å². The molecule has 0 spiro atoms. The van der Waals surface area contributed by atoms with E-state index in [1.165, 1.54) is 16.8 Å². The predicted octanol–water partition coefficient (Wildman–Crippen LogP) is 2.08. The molecule has 3 heterocycles. The number of aryl methyl sites for hydroxylation is 1. The second-order valence-corrected chi connectivity index (χ2v) is 4.66. The Morgan fingerprint density at radius 2 is 2.06 bits per heavy atom. The standard InChI is InChI=1S/C14H18N2O/c1-12-10-13-4-2-3-5-16(13)14(12)11-15-6-8-17-9-7-15/h2-5,10H,6-9,11H2,1H3. The summed E-state index contributed by atoms with van der Waals surface area (Å²) in [7, 11) is 0. The zero-order valence-electron chi connectivity index (χ0n) is 10.2. The molecule has 0 aliphatic carbocycles. The van der Waals surface area contributed by atoms with Crippen LogP contribution in [0, 0.1) is 6.92 Å². The van der Waals surface area contributed by atoms with Crippen molar-refractivity contribution in [2.45, 2.75) is 13.5 Å². The van der Waals surface area contributed by atoms with Crippen LogP contribution < -0.4 is 0 Å². The summed E-state index contributed by atoms with van der Waals surface area (Å²) < 4.78 is 7.68. The number of ether oxygens (including phenoxy) is 1. The molecule has 1 fully saturated rings. The zero-order valence-corrected chi connectivity index (χ0v) is 10.2. The minimum Gasteiger partial charge on any atom is -0.379 e. The number of hydrogen-bond donors (Lipinski definition) is 0. The molecule has 2 aromatic heterocycles. The first kappa shape index (κ1) is 10.8. The Bertz CT molecular complexity index is 512. The monoisotopic (exact) mass is 230 g/mol. The fourth-order valence-corrected chi connectivity index (χ4v) is 2.49. The van der Waals surface area contributed by atoms with Crippen molar-refractivity contribution >= 4 is 5.52 Å². The maximum Gasteiger partial charge on any atom is 0.0594 e. The summed E-state index contributed by atoms with van der Waals surface area (Å²) >= 11 is 0. The molecule has 0 amide bonds. The number of fused-ring (bicyclic) bond motifs is 1. The average molecular weight is 230 g/mol. The Morgan fingerprint density at radius 1 is 1.24 bits per heavy atom. The van der Waals surface area contributed by atoms with E-state index in [1.54, 1.807) is 0 Å². The Labute approximate surface area is 102 Å². The highest BCUT2D eigenvalue weighted by atomic mass is 16.5. The lowest BCUT2D eigenvalue weighted by atomic mass is 10.2. The van der Waals surface area contributed by atoms with Gasteiger partial charge in [0.15, 0.2) is 0 Å². The Hall–Kier alpha value is -1.32. The number of pyridine rings is 1. The first-order chi connectivity index (χ1) is 8.34. The number of hydrogen-bond acceptors (Lipinski definition) is 2. The Balaban J connectivity index is 1.90. The molecule has 2 aromatic rings. The number of nitrogens with zero attached hydrogens (tertiary/aromatic N) is 2. The lowest BCUT2D eigenvalue weighted by Crippen LogP contribution is -2.36. The van der Waals surface area contributed by atoms with E-state index >= 15 is 0 Å². The van der Waals surface area contributed by atoms with E-state index in [0.29, 0.717) is 0 Å². The highest BCUT2D eigenvalue weighted by Crippen LogP contribution is 2.18. The van der Waals surface area contributed by atoms with Crippen LogP contribution in [0.4, 0.5) is 0 Å². The van der Waals surface area contributed by atoms with Gasteiger partial charge in [-0.1, -0.05) is 6.07 Å². The molecule has 1 saturated heterocycles. The fourth-order valence-electron chi connectivity index (χ4n) is 2.49. The van der Waals surface area contributed by atoms with Crippen molar-refractivity contribution in [1.82, 2.24) is 9.30 Å². The van der Waals surface area contributed by atoms with Crippen LogP contribution in [0.15, 0.2) is 30.5 Å². The van der Waals surface area contributed by atoms with E-state index in [2.05, 4.69) is 46.7 Å². The van der Waals surface area contributed by atoms with E-state index in [4.69, 9.17) is 4.74 Å². The first-order valence-corrected chi connectivity index (χ1v) is 6.20. The summed E-state index contributed by atoms with van der Waals surface area (Å²) in [5.74, 6) is 0. The molecule has 0 radical (unpaired) electrons. The van der Waals surface area contributed by atoms with Crippen LogP contribution in [-0.2, 0) is 11.3 Å². The molecule has 1 aliphatic rings. The molecule has 0 unspecified atom stereocenters. The molecule has 90 valence electrons. The lowest BCUT2D eigenvalue weighted by molar-refractivity contribution is 0.0335. The van der Waals surface area contributed by atoms with Crippen molar-refractivity contribution in [2.75, 3.05) is 26.3 Å². The summed E-state index contributed by atoms with van der Waals surface area (Å²) in [6.07, 6.45) is 2.15. The molecular formula is C14H18N2O. The van der Waals surface area contributed by atoms with E-state index < -0.39 is 0 Å². The summed E-state index contributed by atoms with van der Waals surface area (Å²) in [4.78, 5) is 2.46. The van der Waals surface area contributed by atoms with Gasteiger partial charge in [-0.3, -0.25) is 4.90 Å². The van der Waals surface area contributed by atoms with Crippen LogP contribution in [0.25, 0.3) is 5.52 Å². The smallest absolute Gasteiger partial charge is 0.0594 e. The molecular weight excluding hydrogens is 212 g/mol. The maximum atomic E-state index is 5.39. The maximum absolute atomic E-state index is 5.39. The van der Waals surface area contributed by atoms with Crippen LogP contribution in [0.2, 0.25) is 0 Å². The highest BCUT2D eigenvalue weighted by Gasteiger charge is 2.14.